The van der Waals surface area contributed by atoms with Crippen molar-refractivity contribution in [2.75, 3.05) is 0 Å². The molecule has 1 N–H and O–H groups in total. The lowest BCUT2D eigenvalue weighted by atomic mass is 10.2. The van der Waals surface area contributed by atoms with Crippen LogP contribution in [0.25, 0.3) is 0 Å². The molecule has 1 atom stereocenters. The van der Waals surface area contributed by atoms with Gasteiger partial charge in [0.25, 0.3) is 5.56 Å². The highest BCUT2D eigenvalue weighted by Gasteiger charge is 2.13. The summed E-state index contributed by atoms with van der Waals surface area (Å²) in [7, 11) is 1.37. The molecule has 0 fully saturated rings. The number of nitrogens with zero attached hydrogens (tertiary/aromatic N) is 2. The van der Waals surface area contributed by atoms with E-state index < -0.39 is 11.2 Å². The summed E-state index contributed by atoms with van der Waals surface area (Å²) in [6.07, 6.45) is 1.31. The highest BCUT2D eigenvalue weighted by Crippen LogP contribution is 2.15. The molecule has 2 heterocycles. The second-order valence-electron chi connectivity index (χ2n) is 4.86. The van der Waals surface area contributed by atoms with Crippen LogP contribution in [0, 0.1) is 6.92 Å². The van der Waals surface area contributed by atoms with Crippen molar-refractivity contribution in [3.63, 3.8) is 0 Å². The first-order valence-corrected chi connectivity index (χ1v) is 6.50. The van der Waals surface area contributed by atoms with Crippen LogP contribution < -0.4 is 16.6 Å². The molecule has 1 amide bonds. The van der Waals surface area contributed by atoms with E-state index >= 15 is 0 Å². The monoisotopic (exact) mass is 291 g/mol. The SMILES string of the molecule is Cc1ccc([C@@H](C)NC(=O)Cn2ccc(=O)n(C)c2=O)o1. The lowest BCUT2D eigenvalue weighted by molar-refractivity contribution is -0.122. The average molecular weight is 291 g/mol. The molecule has 0 saturated carbocycles. The molecular weight excluding hydrogens is 274 g/mol. The Bertz CT molecular complexity index is 769. The maximum atomic E-state index is 12.0. The van der Waals surface area contributed by atoms with Crippen LogP contribution in [0.3, 0.4) is 0 Å². The molecule has 0 unspecified atom stereocenters. The van der Waals surface area contributed by atoms with Crippen LogP contribution in [0.2, 0.25) is 0 Å². The van der Waals surface area contributed by atoms with Gasteiger partial charge in [-0.25, -0.2) is 4.79 Å². The first-order valence-electron chi connectivity index (χ1n) is 6.50. The van der Waals surface area contributed by atoms with Gasteiger partial charge in [-0.2, -0.15) is 0 Å². The van der Waals surface area contributed by atoms with E-state index in [2.05, 4.69) is 5.32 Å². The Balaban J connectivity index is 2.07. The number of nitrogens with one attached hydrogen (secondary N) is 1. The van der Waals surface area contributed by atoms with E-state index in [1.807, 2.05) is 13.0 Å². The zero-order valence-electron chi connectivity index (χ0n) is 12.1. The summed E-state index contributed by atoms with van der Waals surface area (Å²) in [6, 6.07) is 4.55. The summed E-state index contributed by atoms with van der Waals surface area (Å²) in [5.74, 6) is 1.08. The van der Waals surface area contributed by atoms with Gasteiger partial charge in [-0.3, -0.25) is 18.7 Å². The average Bonchev–Trinajstić information content (AvgIpc) is 2.86. The van der Waals surface area contributed by atoms with Crippen LogP contribution in [0.5, 0.6) is 0 Å². The van der Waals surface area contributed by atoms with Gasteiger partial charge in [-0.05, 0) is 26.0 Å². The van der Waals surface area contributed by atoms with E-state index in [0.717, 1.165) is 10.3 Å². The summed E-state index contributed by atoms with van der Waals surface area (Å²) in [6.45, 7) is 3.46. The Kier molecular flexibility index (Phi) is 4.11. The topological polar surface area (TPSA) is 86.2 Å². The van der Waals surface area contributed by atoms with Gasteiger partial charge in [-0.1, -0.05) is 0 Å². The maximum Gasteiger partial charge on any atom is 0.331 e. The molecule has 7 nitrogen and oxygen atoms in total. The third-order valence-corrected chi connectivity index (χ3v) is 3.14. The zero-order valence-corrected chi connectivity index (χ0v) is 12.1. The van der Waals surface area contributed by atoms with Gasteiger partial charge in [-0.15, -0.1) is 0 Å². The molecule has 0 aromatic carbocycles. The number of amides is 1. The molecule has 21 heavy (non-hydrogen) atoms. The number of carbonyl (C=O) groups excluding carboxylic acids is 1. The van der Waals surface area contributed by atoms with E-state index in [4.69, 9.17) is 4.42 Å². The number of rotatable bonds is 4. The summed E-state index contributed by atoms with van der Waals surface area (Å²) in [4.78, 5) is 35.0. The largest absolute Gasteiger partial charge is 0.464 e. The molecule has 7 heteroatoms. The van der Waals surface area contributed by atoms with Crippen molar-refractivity contribution in [1.82, 2.24) is 14.5 Å². The molecule has 0 spiro atoms. The number of carbonyl (C=O) groups is 1. The minimum atomic E-state index is -0.529. The fourth-order valence-corrected chi connectivity index (χ4v) is 1.94. The summed E-state index contributed by atoms with van der Waals surface area (Å²) in [5.41, 5.74) is -0.935. The molecule has 2 rings (SSSR count). The van der Waals surface area contributed by atoms with Crippen molar-refractivity contribution in [2.24, 2.45) is 7.05 Å². The van der Waals surface area contributed by atoms with Crippen molar-refractivity contribution in [3.8, 4) is 0 Å². The molecule has 0 aliphatic carbocycles. The van der Waals surface area contributed by atoms with Crippen LogP contribution in [0.1, 0.15) is 24.5 Å². The summed E-state index contributed by atoms with van der Waals surface area (Å²) in [5, 5.41) is 2.74. The number of hydrogen-bond donors (Lipinski definition) is 1. The first-order chi connectivity index (χ1) is 9.88. The smallest absolute Gasteiger partial charge is 0.331 e. The predicted molar refractivity (Wildman–Crippen MR) is 75.9 cm³/mol. The van der Waals surface area contributed by atoms with E-state index in [1.165, 1.54) is 23.9 Å². The molecule has 0 aliphatic heterocycles. The van der Waals surface area contributed by atoms with E-state index in [1.54, 1.807) is 13.0 Å². The Morgan fingerprint density at radius 1 is 1.33 bits per heavy atom. The van der Waals surface area contributed by atoms with E-state index in [-0.39, 0.29) is 18.5 Å². The fourth-order valence-electron chi connectivity index (χ4n) is 1.94. The number of aromatic nitrogens is 2. The second kappa shape index (κ2) is 5.82. The van der Waals surface area contributed by atoms with Gasteiger partial charge in [0.05, 0.1) is 6.04 Å². The molecule has 0 saturated heterocycles. The normalized spacial score (nSPS) is 12.1. The summed E-state index contributed by atoms with van der Waals surface area (Å²) < 4.78 is 7.55. The van der Waals surface area contributed by atoms with Gasteiger partial charge < -0.3 is 9.73 Å². The molecule has 0 radical (unpaired) electrons. The van der Waals surface area contributed by atoms with Crippen molar-refractivity contribution >= 4 is 5.91 Å². The lowest BCUT2D eigenvalue weighted by Gasteiger charge is -2.12. The zero-order chi connectivity index (χ0) is 15.6. The number of furan rings is 1. The van der Waals surface area contributed by atoms with E-state index in [0.29, 0.717) is 5.76 Å². The Morgan fingerprint density at radius 2 is 2.05 bits per heavy atom. The van der Waals surface area contributed by atoms with Gasteiger partial charge in [0.2, 0.25) is 5.91 Å². The van der Waals surface area contributed by atoms with Crippen LogP contribution in [-0.4, -0.2) is 15.0 Å². The number of aryl methyl sites for hydroxylation is 1. The standard InChI is InChI=1S/C14H17N3O4/c1-9-4-5-11(21-9)10(2)15-12(18)8-17-7-6-13(19)16(3)14(17)20/h4-7,10H,8H2,1-3H3,(H,15,18)/t10-/m1/s1. The quantitative estimate of drug-likeness (QED) is 0.879. The molecule has 0 aliphatic rings. The highest BCUT2D eigenvalue weighted by atomic mass is 16.3. The van der Waals surface area contributed by atoms with Crippen LogP contribution in [0.4, 0.5) is 0 Å². The number of hydrogen-bond acceptors (Lipinski definition) is 4. The summed E-state index contributed by atoms with van der Waals surface area (Å²) >= 11 is 0. The Hall–Kier alpha value is -2.57. The van der Waals surface area contributed by atoms with E-state index in [9.17, 15) is 14.4 Å². The van der Waals surface area contributed by atoms with Crippen LogP contribution >= 0.6 is 0 Å². The minimum Gasteiger partial charge on any atom is -0.464 e. The predicted octanol–water partition coefficient (Wildman–Crippen LogP) is 0.326. The lowest BCUT2D eigenvalue weighted by Crippen LogP contribution is -2.40. The van der Waals surface area contributed by atoms with Gasteiger partial charge in [0.15, 0.2) is 0 Å². The first kappa shape index (κ1) is 14.8. The van der Waals surface area contributed by atoms with Crippen LogP contribution in [0.15, 0.2) is 38.4 Å². The molecule has 2 aromatic heterocycles. The molecule has 0 bridgehead atoms. The molecular formula is C14H17N3O4. The van der Waals surface area contributed by atoms with Crippen molar-refractivity contribution in [2.45, 2.75) is 26.4 Å². The third-order valence-electron chi connectivity index (χ3n) is 3.14. The van der Waals surface area contributed by atoms with Crippen molar-refractivity contribution < 1.29 is 9.21 Å². The van der Waals surface area contributed by atoms with Gasteiger partial charge in [0.1, 0.15) is 18.1 Å². The third kappa shape index (κ3) is 3.31. The Labute approximate surface area is 120 Å². The fraction of sp³-hybridized carbons (Fsp3) is 0.357. The molecule has 2 aromatic rings. The van der Waals surface area contributed by atoms with Crippen molar-refractivity contribution in [3.05, 3.63) is 56.8 Å². The molecule has 112 valence electrons. The minimum absolute atomic E-state index is 0.156. The van der Waals surface area contributed by atoms with Crippen molar-refractivity contribution in [1.29, 1.82) is 0 Å². The Morgan fingerprint density at radius 3 is 2.67 bits per heavy atom. The highest BCUT2D eigenvalue weighted by molar-refractivity contribution is 5.76. The van der Waals surface area contributed by atoms with Gasteiger partial charge in [0, 0.05) is 19.3 Å². The van der Waals surface area contributed by atoms with Crippen LogP contribution in [-0.2, 0) is 18.4 Å². The second-order valence-corrected chi connectivity index (χ2v) is 4.86. The van der Waals surface area contributed by atoms with Gasteiger partial charge >= 0.3 is 5.69 Å². The maximum absolute atomic E-state index is 12.0.